The van der Waals surface area contributed by atoms with E-state index in [4.69, 9.17) is 0 Å². The normalized spacial score (nSPS) is 26.2. The Morgan fingerprint density at radius 2 is 1.69 bits per heavy atom. The third-order valence-corrected chi connectivity index (χ3v) is 4.49. The summed E-state index contributed by atoms with van der Waals surface area (Å²) >= 11 is 0. The van der Waals surface area contributed by atoms with Crippen molar-refractivity contribution in [3.8, 4) is 0 Å². The molecule has 0 bridgehead atoms. The molecule has 0 aliphatic carbocycles. The topological polar surface area (TPSA) is 3.24 Å². The minimum Gasteiger partial charge on any atom is -0.308 e. The van der Waals surface area contributed by atoms with Crippen molar-refractivity contribution >= 4 is 0 Å². The largest absolute Gasteiger partial charge is 0.308 e. The average molecular weight is 227 g/mol. The summed E-state index contributed by atoms with van der Waals surface area (Å²) in [5.41, 5.74) is 0.330. The number of hydrogen-bond donors (Lipinski definition) is 0. The van der Waals surface area contributed by atoms with Gasteiger partial charge in [-0.1, -0.05) is 13.3 Å². The minimum atomic E-state index is 0.330. The van der Waals surface area contributed by atoms with Crippen LogP contribution in [0.15, 0.2) is 0 Å². The van der Waals surface area contributed by atoms with Crippen molar-refractivity contribution in [3.63, 3.8) is 0 Å². The van der Waals surface area contributed by atoms with Gasteiger partial charge in [-0.05, 0) is 34.6 Å². The minimum absolute atomic E-state index is 0.330. The van der Waals surface area contributed by atoms with Crippen molar-refractivity contribution in [2.45, 2.75) is 66.0 Å². The summed E-state index contributed by atoms with van der Waals surface area (Å²) in [6, 6.07) is 0.860. The van der Waals surface area contributed by atoms with Crippen LogP contribution in [0.1, 0.15) is 54.4 Å². The molecule has 0 spiro atoms. The van der Waals surface area contributed by atoms with E-state index in [1.54, 1.807) is 0 Å². The lowest BCUT2D eigenvalue weighted by Crippen LogP contribution is -2.53. The van der Waals surface area contributed by atoms with Gasteiger partial charge in [-0.2, -0.15) is 0 Å². The van der Waals surface area contributed by atoms with E-state index in [1.165, 1.54) is 43.6 Å². The highest BCUT2D eigenvalue weighted by molar-refractivity contribution is 4.82. The van der Waals surface area contributed by atoms with Crippen molar-refractivity contribution in [2.24, 2.45) is 0 Å². The molecule has 1 aliphatic heterocycles. The fourth-order valence-electron chi connectivity index (χ4n) is 3.07. The van der Waals surface area contributed by atoms with Gasteiger partial charge in [0.1, 0.15) is 12.7 Å². The molecule has 1 unspecified atom stereocenters. The molecule has 1 aliphatic rings. The van der Waals surface area contributed by atoms with Crippen LogP contribution in [0.4, 0.5) is 0 Å². The zero-order chi connectivity index (χ0) is 12.4. The van der Waals surface area contributed by atoms with E-state index in [2.05, 4.69) is 46.4 Å². The van der Waals surface area contributed by atoms with E-state index in [0.29, 0.717) is 5.54 Å². The molecule has 1 saturated heterocycles. The lowest BCUT2D eigenvalue weighted by molar-refractivity contribution is -0.940. The SMILES string of the molecule is CCCC1CN(C(C)(C)C)C[N+]1(CC)CC. The molecule has 1 atom stereocenters. The second kappa shape index (κ2) is 5.05. The molecular formula is C14H31N2+. The monoisotopic (exact) mass is 227 g/mol. The summed E-state index contributed by atoms with van der Waals surface area (Å²) in [5.74, 6) is 0. The summed E-state index contributed by atoms with van der Waals surface area (Å²) < 4.78 is 1.31. The number of rotatable bonds is 4. The Labute approximate surface area is 102 Å². The fourth-order valence-corrected chi connectivity index (χ4v) is 3.07. The molecule has 0 saturated carbocycles. The number of nitrogens with zero attached hydrogens (tertiary/aromatic N) is 2. The van der Waals surface area contributed by atoms with Crippen molar-refractivity contribution in [1.82, 2.24) is 4.90 Å². The smallest absolute Gasteiger partial charge is 0.135 e. The molecule has 1 heterocycles. The van der Waals surface area contributed by atoms with Crippen LogP contribution in [0.25, 0.3) is 0 Å². The predicted octanol–water partition coefficient (Wildman–Crippen LogP) is 3.08. The van der Waals surface area contributed by atoms with Crippen LogP contribution >= 0.6 is 0 Å². The molecule has 0 aromatic rings. The molecule has 0 amide bonds. The third-order valence-electron chi connectivity index (χ3n) is 4.49. The maximum atomic E-state index is 2.68. The summed E-state index contributed by atoms with van der Waals surface area (Å²) in [5, 5.41) is 0. The first-order valence-electron chi connectivity index (χ1n) is 7.00. The van der Waals surface area contributed by atoms with Gasteiger partial charge in [0.25, 0.3) is 0 Å². The van der Waals surface area contributed by atoms with Crippen LogP contribution in [-0.2, 0) is 0 Å². The quantitative estimate of drug-likeness (QED) is 0.667. The molecule has 0 N–H and O–H groups in total. The van der Waals surface area contributed by atoms with Gasteiger partial charge >= 0.3 is 0 Å². The molecule has 1 fully saturated rings. The maximum Gasteiger partial charge on any atom is 0.135 e. The highest BCUT2D eigenvalue weighted by atomic mass is 15.5. The van der Waals surface area contributed by atoms with E-state index in [1.807, 2.05) is 0 Å². The zero-order valence-corrected chi connectivity index (χ0v) is 12.2. The zero-order valence-electron chi connectivity index (χ0n) is 12.2. The van der Waals surface area contributed by atoms with Gasteiger partial charge in [0.2, 0.25) is 0 Å². The molecule has 96 valence electrons. The Kier molecular flexibility index (Phi) is 4.42. The lowest BCUT2D eigenvalue weighted by Gasteiger charge is -2.38. The molecular weight excluding hydrogens is 196 g/mol. The van der Waals surface area contributed by atoms with Gasteiger partial charge in [-0.25, -0.2) is 4.90 Å². The predicted molar refractivity (Wildman–Crippen MR) is 71.4 cm³/mol. The van der Waals surface area contributed by atoms with Crippen LogP contribution in [0, 0.1) is 0 Å². The van der Waals surface area contributed by atoms with Gasteiger partial charge < -0.3 is 4.48 Å². The first-order chi connectivity index (χ1) is 7.39. The van der Waals surface area contributed by atoms with E-state index in [-0.39, 0.29) is 0 Å². The van der Waals surface area contributed by atoms with E-state index >= 15 is 0 Å². The maximum absolute atomic E-state index is 2.68. The molecule has 16 heavy (non-hydrogen) atoms. The van der Waals surface area contributed by atoms with Crippen LogP contribution in [0.5, 0.6) is 0 Å². The van der Waals surface area contributed by atoms with Gasteiger partial charge in [0.15, 0.2) is 0 Å². The van der Waals surface area contributed by atoms with Crippen molar-refractivity contribution in [2.75, 3.05) is 26.3 Å². The standard InChI is InChI=1S/C14H31N2/c1-7-10-13-11-15(14(4,5)6)12-16(13,8-2)9-3/h13H,7-12H2,1-6H3/q+1. The molecule has 0 radical (unpaired) electrons. The second-order valence-corrected chi connectivity index (χ2v) is 6.33. The van der Waals surface area contributed by atoms with Crippen molar-refractivity contribution in [1.29, 1.82) is 0 Å². The Morgan fingerprint density at radius 1 is 1.12 bits per heavy atom. The highest BCUT2D eigenvalue weighted by Gasteiger charge is 2.45. The summed E-state index contributed by atoms with van der Waals surface area (Å²) in [6.07, 6.45) is 2.71. The van der Waals surface area contributed by atoms with Crippen LogP contribution in [0.2, 0.25) is 0 Å². The van der Waals surface area contributed by atoms with E-state index < -0.39 is 0 Å². The third kappa shape index (κ3) is 2.60. The lowest BCUT2D eigenvalue weighted by atomic mass is 10.1. The van der Waals surface area contributed by atoms with Crippen molar-refractivity contribution < 1.29 is 4.48 Å². The first-order valence-corrected chi connectivity index (χ1v) is 7.00. The highest BCUT2D eigenvalue weighted by Crippen LogP contribution is 2.31. The van der Waals surface area contributed by atoms with Gasteiger partial charge in [0, 0.05) is 12.0 Å². The molecule has 2 heteroatoms. The van der Waals surface area contributed by atoms with E-state index in [9.17, 15) is 0 Å². The van der Waals surface area contributed by atoms with Gasteiger partial charge in [0.05, 0.1) is 19.6 Å². The van der Waals surface area contributed by atoms with Gasteiger partial charge in [-0.3, -0.25) is 0 Å². The molecule has 2 nitrogen and oxygen atoms in total. The number of hydrogen-bond acceptors (Lipinski definition) is 1. The molecule has 0 aromatic heterocycles. The van der Waals surface area contributed by atoms with E-state index in [0.717, 1.165) is 6.04 Å². The second-order valence-electron chi connectivity index (χ2n) is 6.33. The van der Waals surface area contributed by atoms with Crippen LogP contribution in [-0.4, -0.2) is 47.3 Å². The molecule has 1 rings (SSSR count). The summed E-state index contributed by atoms with van der Waals surface area (Å²) in [4.78, 5) is 2.68. The number of quaternary nitrogens is 1. The van der Waals surface area contributed by atoms with Crippen LogP contribution in [0.3, 0.4) is 0 Å². The van der Waals surface area contributed by atoms with Crippen LogP contribution < -0.4 is 0 Å². The Hall–Kier alpha value is -0.0800. The van der Waals surface area contributed by atoms with Crippen molar-refractivity contribution in [3.05, 3.63) is 0 Å². The number of likely N-dealkylation sites (N-methyl/N-ethyl adjacent to an activating group) is 1. The average Bonchev–Trinajstić information content (AvgIpc) is 2.58. The Morgan fingerprint density at radius 3 is 2.06 bits per heavy atom. The summed E-state index contributed by atoms with van der Waals surface area (Å²) in [6.45, 7) is 19.2. The Bertz CT molecular complexity index is 213. The summed E-state index contributed by atoms with van der Waals surface area (Å²) in [7, 11) is 0. The molecule has 0 aromatic carbocycles. The van der Waals surface area contributed by atoms with Gasteiger partial charge in [-0.15, -0.1) is 0 Å². The fraction of sp³-hybridized carbons (Fsp3) is 1.00. The Balaban J connectivity index is 2.83. The first kappa shape index (κ1) is 14.0.